The first-order valence-electron chi connectivity index (χ1n) is 9.52. The van der Waals surface area contributed by atoms with Crippen molar-refractivity contribution >= 4 is 35.2 Å². The van der Waals surface area contributed by atoms with Crippen molar-refractivity contribution < 1.29 is 19.1 Å². The van der Waals surface area contributed by atoms with Crippen LogP contribution in [0.25, 0.3) is 0 Å². The lowest BCUT2D eigenvalue weighted by molar-refractivity contribution is -0.139. The first-order valence-corrected chi connectivity index (χ1v) is 10.6. The summed E-state index contributed by atoms with van der Waals surface area (Å²) in [6.45, 7) is 2.02. The Morgan fingerprint density at radius 2 is 1.83 bits per heavy atom. The van der Waals surface area contributed by atoms with E-state index in [0.717, 1.165) is 16.8 Å². The molecule has 1 fully saturated rings. The van der Waals surface area contributed by atoms with E-state index in [-0.39, 0.29) is 24.2 Å². The summed E-state index contributed by atoms with van der Waals surface area (Å²) in [4.78, 5) is 40.4. The van der Waals surface area contributed by atoms with Gasteiger partial charge in [0.25, 0.3) is 0 Å². The highest BCUT2D eigenvalue weighted by Crippen LogP contribution is 2.56. The van der Waals surface area contributed by atoms with E-state index in [9.17, 15) is 14.4 Å². The monoisotopic (exact) mass is 410 g/mol. The highest BCUT2D eigenvalue weighted by molar-refractivity contribution is 8.01. The molecular formula is C22H22N2O4S. The molecule has 4 rings (SSSR count). The summed E-state index contributed by atoms with van der Waals surface area (Å²) < 4.78 is 5.03. The van der Waals surface area contributed by atoms with Crippen LogP contribution in [0.4, 0.5) is 5.69 Å². The summed E-state index contributed by atoms with van der Waals surface area (Å²) in [5, 5.41) is 2.30. The van der Waals surface area contributed by atoms with Crippen molar-refractivity contribution in [3.63, 3.8) is 0 Å². The van der Waals surface area contributed by atoms with E-state index in [2.05, 4.69) is 5.32 Å². The van der Waals surface area contributed by atoms with E-state index in [1.165, 1.54) is 11.8 Å². The fourth-order valence-corrected chi connectivity index (χ4v) is 5.63. The number of para-hydroxylation sites is 1. The molecule has 0 aromatic heterocycles. The Morgan fingerprint density at radius 1 is 1.14 bits per heavy atom. The predicted molar refractivity (Wildman–Crippen MR) is 112 cm³/mol. The van der Waals surface area contributed by atoms with E-state index in [4.69, 9.17) is 4.74 Å². The van der Waals surface area contributed by atoms with Crippen LogP contribution in [-0.2, 0) is 24.5 Å². The molecule has 1 N–H and O–H groups in total. The Labute approximate surface area is 173 Å². The minimum absolute atomic E-state index is 0.00828. The number of thioether (sulfide) groups is 1. The van der Waals surface area contributed by atoms with Gasteiger partial charge in [0, 0.05) is 12.7 Å². The number of benzene rings is 2. The highest BCUT2D eigenvalue weighted by Gasteiger charge is 2.66. The molecule has 2 aromatic rings. The Hall–Kier alpha value is -2.80. The van der Waals surface area contributed by atoms with Crippen molar-refractivity contribution in [2.75, 3.05) is 24.3 Å². The SMILES string of the molecule is CCOC(=O)CSC1C(=O)NC(c2ccccc2)C12C(=O)N(C)c1ccccc12. The molecule has 150 valence electrons. The maximum Gasteiger partial charge on any atom is 0.315 e. The Morgan fingerprint density at radius 3 is 2.55 bits per heavy atom. The number of nitrogens with one attached hydrogen (secondary N) is 1. The molecule has 0 radical (unpaired) electrons. The summed E-state index contributed by atoms with van der Waals surface area (Å²) in [5.41, 5.74) is 1.33. The maximum atomic E-state index is 13.7. The molecule has 0 saturated carbocycles. The summed E-state index contributed by atoms with van der Waals surface area (Å²) in [5.74, 6) is -0.775. The topological polar surface area (TPSA) is 75.7 Å². The molecule has 2 aliphatic rings. The number of esters is 1. The molecule has 2 aliphatic heterocycles. The average Bonchev–Trinajstić information content (AvgIpc) is 3.15. The van der Waals surface area contributed by atoms with E-state index < -0.39 is 22.7 Å². The maximum absolute atomic E-state index is 13.7. The van der Waals surface area contributed by atoms with Gasteiger partial charge in [0.15, 0.2) is 0 Å². The van der Waals surface area contributed by atoms with Gasteiger partial charge in [0.2, 0.25) is 11.8 Å². The molecule has 0 aliphatic carbocycles. The van der Waals surface area contributed by atoms with Crippen LogP contribution in [0.1, 0.15) is 24.1 Å². The molecule has 2 amide bonds. The lowest BCUT2D eigenvalue weighted by Gasteiger charge is -2.33. The standard InChI is InChI=1S/C22H22N2O4S/c1-3-28-17(25)13-29-19-20(26)23-18(14-9-5-4-6-10-14)22(19)15-11-7-8-12-16(15)24(2)21(22)27/h4-12,18-19H,3,13H2,1-2H3,(H,23,26). The Kier molecular flexibility index (Phi) is 5.08. The minimum Gasteiger partial charge on any atom is -0.465 e. The fourth-order valence-electron chi connectivity index (χ4n) is 4.39. The number of hydrogen-bond donors (Lipinski definition) is 1. The summed E-state index contributed by atoms with van der Waals surface area (Å²) in [7, 11) is 1.73. The number of carbonyl (C=O) groups is 3. The van der Waals surface area contributed by atoms with Gasteiger partial charge < -0.3 is 15.0 Å². The van der Waals surface area contributed by atoms with Gasteiger partial charge in [-0.15, -0.1) is 11.8 Å². The van der Waals surface area contributed by atoms with Crippen LogP contribution in [0.2, 0.25) is 0 Å². The molecule has 1 saturated heterocycles. The number of ether oxygens (including phenoxy) is 1. The number of likely N-dealkylation sites (N-methyl/N-ethyl adjacent to an activating group) is 1. The van der Waals surface area contributed by atoms with Crippen LogP contribution in [-0.4, -0.2) is 42.4 Å². The molecule has 3 unspecified atom stereocenters. The van der Waals surface area contributed by atoms with Gasteiger partial charge in [0.1, 0.15) is 10.7 Å². The smallest absolute Gasteiger partial charge is 0.315 e. The summed E-state index contributed by atoms with van der Waals surface area (Å²) in [6, 6.07) is 16.6. The third-order valence-corrected chi connectivity index (χ3v) is 6.89. The van der Waals surface area contributed by atoms with Gasteiger partial charge in [-0.3, -0.25) is 14.4 Å². The molecule has 7 heteroatoms. The van der Waals surface area contributed by atoms with E-state index in [1.54, 1.807) is 18.9 Å². The molecule has 0 bridgehead atoms. The molecule has 1 spiro atoms. The van der Waals surface area contributed by atoms with Crippen molar-refractivity contribution in [3.05, 3.63) is 65.7 Å². The van der Waals surface area contributed by atoms with Crippen molar-refractivity contribution in [1.29, 1.82) is 0 Å². The highest BCUT2D eigenvalue weighted by atomic mass is 32.2. The van der Waals surface area contributed by atoms with Gasteiger partial charge in [-0.25, -0.2) is 0 Å². The van der Waals surface area contributed by atoms with Crippen molar-refractivity contribution in [2.45, 2.75) is 23.6 Å². The number of hydrogen-bond acceptors (Lipinski definition) is 5. The molecule has 2 aromatic carbocycles. The zero-order valence-corrected chi connectivity index (χ0v) is 17.1. The normalized spacial score (nSPS) is 25.2. The van der Waals surface area contributed by atoms with Crippen LogP contribution in [0.3, 0.4) is 0 Å². The van der Waals surface area contributed by atoms with E-state index in [1.807, 2.05) is 54.6 Å². The largest absolute Gasteiger partial charge is 0.465 e. The van der Waals surface area contributed by atoms with Gasteiger partial charge in [0.05, 0.1) is 18.4 Å². The Bertz CT molecular complexity index is 964. The number of fused-ring (bicyclic) bond motifs is 2. The minimum atomic E-state index is -1.12. The Balaban J connectivity index is 1.85. The van der Waals surface area contributed by atoms with Crippen LogP contribution < -0.4 is 10.2 Å². The zero-order chi connectivity index (χ0) is 20.6. The molecule has 3 atom stereocenters. The second kappa shape index (κ2) is 7.55. The number of rotatable bonds is 5. The number of carbonyl (C=O) groups excluding carboxylic acids is 3. The number of anilines is 1. The van der Waals surface area contributed by atoms with Crippen molar-refractivity contribution in [1.82, 2.24) is 5.32 Å². The summed E-state index contributed by atoms with van der Waals surface area (Å²) >= 11 is 1.17. The summed E-state index contributed by atoms with van der Waals surface area (Å²) in [6.07, 6.45) is 0. The van der Waals surface area contributed by atoms with Gasteiger partial charge in [-0.05, 0) is 24.1 Å². The van der Waals surface area contributed by atoms with Crippen LogP contribution in [0.15, 0.2) is 54.6 Å². The number of nitrogens with zero attached hydrogens (tertiary/aromatic N) is 1. The molecule has 29 heavy (non-hydrogen) atoms. The average molecular weight is 410 g/mol. The lowest BCUT2D eigenvalue weighted by atomic mass is 9.72. The van der Waals surface area contributed by atoms with Crippen molar-refractivity contribution in [2.24, 2.45) is 0 Å². The van der Waals surface area contributed by atoms with Gasteiger partial charge in [-0.2, -0.15) is 0 Å². The van der Waals surface area contributed by atoms with Crippen molar-refractivity contribution in [3.8, 4) is 0 Å². The van der Waals surface area contributed by atoms with Gasteiger partial charge >= 0.3 is 5.97 Å². The first-order chi connectivity index (χ1) is 14.0. The second-order valence-corrected chi connectivity index (χ2v) is 8.19. The van der Waals surface area contributed by atoms with Gasteiger partial charge in [-0.1, -0.05) is 48.5 Å². The molecule has 6 nitrogen and oxygen atoms in total. The fraction of sp³-hybridized carbons (Fsp3) is 0.318. The lowest BCUT2D eigenvalue weighted by Crippen LogP contribution is -2.48. The quantitative estimate of drug-likeness (QED) is 0.767. The van der Waals surface area contributed by atoms with E-state index >= 15 is 0 Å². The second-order valence-electron chi connectivity index (χ2n) is 7.10. The number of amides is 2. The first kappa shape index (κ1) is 19.5. The van der Waals surface area contributed by atoms with Crippen LogP contribution in [0, 0.1) is 0 Å². The molecule has 2 heterocycles. The van der Waals surface area contributed by atoms with Crippen LogP contribution >= 0.6 is 11.8 Å². The third-order valence-electron chi connectivity index (χ3n) is 5.57. The predicted octanol–water partition coefficient (Wildman–Crippen LogP) is 2.44. The zero-order valence-electron chi connectivity index (χ0n) is 16.3. The third kappa shape index (κ3) is 2.92. The molecular weight excluding hydrogens is 388 g/mol. The van der Waals surface area contributed by atoms with E-state index in [0.29, 0.717) is 0 Å². The van der Waals surface area contributed by atoms with Crippen LogP contribution in [0.5, 0.6) is 0 Å².